The van der Waals surface area contributed by atoms with Gasteiger partial charge in [0.25, 0.3) is 11.4 Å². The molecule has 0 radical (unpaired) electrons. The molecule has 0 spiro atoms. The van der Waals surface area contributed by atoms with E-state index in [0.29, 0.717) is 16.2 Å². The smallest absolute Gasteiger partial charge is 0.338 e. The first-order chi connectivity index (χ1) is 10.8. The number of halogens is 1. The zero-order valence-corrected chi connectivity index (χ0v) is 12.8. The fourth-order valence-corrected chi connectivity index (χ4v) is 2.24. The highest BCUT2D eigenvalue weighted by Gasteiger charge is 2.27. The van der Waals surface area contributed by atoms with Crippen LogP contribution in [0.1, 0.15) is 10.4 Å². The molecule has 2 aromatic carbocycles. The monoisotopic (exact) mass is 381 g/mol. The lowest BCUT2D eigenvalue weighted by Gasteiger charge is -2.11. The molecule has 0 aromatic heterocycles. The standard InChI is InChI=1S/C13H8BrN3O6/c14-9-3-1-2-4-10(9)15-12-8(13(18)19)5-7(16(20)21)6-11(12)17(22)23/h1-6,15H,(H,18,19). The normalized spacial score (nSPS) is 10.1. The zero-order chi connectivity index (χ0) is 17.1. The number of nitrogens with zero attached hydrogens (tertiary/aromatic N) is 2. The predicted octanol–water partition coefficient (Wildman–Crippen LogP) is 3.71. The molecule has 0 aliphatic rings. The fraction of sp³-hybridized carbons (Fsp3) is 0. The molecule has 0 bridgehead atoms. The van der Waals surface area contributed by atoms with E-state index < -0.39 is 32.8 Å². The SMILES string of the molecule is O=C(O)c1cc([N+](=O)[O-])cc([N+](=O)[O-])c1Nc1ccccc1Br. The number of benzene rings is 2. The summed E-state index contributed by atoms with van der Waals surface area (Å²) < 4.78 is 0.545. The van der Waals surface area contributed by atoms with Crippen molar-refractivity contribution in [1.29, 1.82) is 0 Å². The quantitative estimate of drug-likeness (QED) is 0.594. The minimum atomic E-state index is -1.52. The number of nitrogens with one attached hydrogen (secondary N) is 1. The highest BCUT2D eigenvalue weighted by atomic mass is 79.9. The molecule has 9 nitrogen and oxygen atoms in total. The second-order valence-electron chi connectivity index (χ2n) is 4.31. The molecule has 0 amide bonds. The van der Waals surface area contributed by atoms with Crippen LogP contribution in [0.25, 0.3) is 0 Å². The van der Waals surface area contributed by atoms with Gasteiger partial charge in [0.1, 0.15) is 5.69 Å². The van der Waals surface area contributed by atoms with Gasteiger partial charge in [-0.15, -0.1) is 0 Å². The number of rotatable bonds is 5. The number of hydrogen-bond donors (Lipinski definition) is 2. The summed E-state index contributed by atoms with van der Waals surface area (Å²) in [5.74, 6) is -1.52. The van der Waals surface area contributed by atoms with Gasteiger partial charge >= 0.3 is 5.97 Å². The van der Waals surface area contributed by atoms with Crippen LogP contribution in [0, 0.1) is 20.2 Å². The fourth-order valence-electron chi connectivity index (χ4n) is 1.86. The Labute approximate surface area is 137 Å². The maximum atomic E-state index is 11.3. The van der Waals surface area contributed by atoms with Crippen molar-refractivity contribution in [3.63, 3.8) is 0 Å². The molecule has 2 rings (SSSR count). The van der Waals surface area contributed by atoms with Crippen LogP contribution in [0.4, 0.5) is 22.7 Å². The Balaban J connectivity index is 2.69. The van der Waals surface area contributed by atoms with E-state index in [1.54, 1.807) is 24.3 Å². The van der Waals surface area contributed by atoms with Crippen LogP contribution in [0.3, 0.4) is 0 Å². The number of aromatic carboxylic acids is 1. The third-order valence-electron chi connectivity index (χ3n) is 2.87. The van der Waals surface area contributed by atoms with E-state index in [-0.39, 0.29) is 5.69 Å². The Kier molecular flexibility index (Phi) is 4.55. The summed E-state index contributed by atoms with van der Waals surface area (Å²) in [5, 5.41) is 33.9. The molecule has 2 aromatic rings. The molecule has 118 valence electrons. The van der Waals surface area contributed by atoms with Gasteiger partial charge < -0.3 is 10.4 Å². The first-order valence-electron chi connectivity index (χ1n) is 6.03. The number of anilines is 2. The highest BCUT2D eigenvalue weighted by Crippen LogP contribution is 2.37. The molecule has 10 heteroatoms. The summed E-state index contributed by atoms with van der Waals surface area (Å²) >= 11 is 3.23. The molecule has 23 heavy (non-hydrogen) atoms. The van der Waals surface area contributed by atoms with Gasteiger partial charge in [-0.1, -0.05) is 12.1 Å². The third kappa shape index (κ3) is 3.43. The second kappa shape index (κ2) is 6.40. The number of non-ortho nitro benzene ring substituents is 1. The van der Waals surface area contributed by atoms with E-state index >= 15 is 0 Å². The van der Waals surface area contributed by atoms with E-state index in [1.807, 2.05) is 0 Å². The Morgan fingerprint density at radius 2 is 1.78 bits per heavy atom. The first-order valence-corrected chi connectivity index (χ1v) is 6.82. The summed E-state index contributed by atoms with van der Waals surface area (Å²) in [4.78, 5) is 31.6. The number of carboxylic acids is 1. The van der Waals surface area contributed by atoms with Crippen LogP contribution < -0.4 is 5.32 Å². The maximum Gasteiger partial charge on any atom is 0.338 e. The molecule has 0 heterocycles. The van der Waals surface area contributed by atoms with Gasteiger partial charge in [-0.2, -0.15) is 0 Å². The summed E-state index contributed by atoms with van der Waals surface area (Å²) in [5.41, 5.74) is -1.90. The lowest BCUT2D eigenvalue weighted by molar-refractivity contribution is -0.393. The summed E-state index contributed by atoms with van der Waals surface area (Å²) in [7, 11) is 0. The van der Waals surface area contributed by atoms with Crippen molar-refractivity contribution < 1.29 is 19.7 Å². The Hall–Kier alpha value is -3.01. The van der Waals surface area contributed by atoms with E-state index in [2.05, 4.69) is 21.2 Å². The average molecular weight is 382 g/mol. The third-order valence-corrected chi connectivity index (χ3v) is 3.57. The van der Waals surface area contributed by atoms with Gasteiger partial charge in [-0.05, 0) is 28.1 Å². The predicted molar refractivity (Wildman–Crippen MR) is 84.1 cm³/mol. The molecule has 0 atom stereocenters. The second-order valence-corrected chi connectivity index (χ2v) is 5.17. The van der Waals surface area contributed by atoms with Crippen LogP contribution in [-0.2, 0) is 0 Å². The lowest BCUT2D eigenvalue weighted by atomic mass is 10.1. The zero-order valence-electron chi connectivity index (χ0n) is 11.2. The van der Waals surface area contributed by atoms with Crippen molar-refractivity contribution in [2.45, 2.75) is 0 Å². The number of nitro groups is 2. The maximum absolute atomic E-state index is 11.3. The number of carbonyl (C=O) groups is 1. The Bertz CT molecular complexity index is 788. The summed E-state index contributed by atoms with van der Waals surface area (Å²) in [6, 6.07) is 8.06. The van der Waals surface area contributed by atoms with Crippen LogP contribution >= 0.6 is 15.9 Å². The van der Waals surface area contributed by atoms with Crippen molar-refractivity contribution >= 4 is 44.6 Å². The van der Waals surface area contributed by atoms with Gasteiger partial charge in [-0.3, -0.25) is 20.2 Å². The Morgan fingerprint density at radius 1 is 1.13 bits per heavy atom. The average Bonchev–Trinajstić information content (AvgIpc) is 2.48. The highest BCUT2D eigenvalue weighted by molar-refractivity contribution is 9.10. The molecule has 0 unspecified atom stereocenters. The minimum absolute atomic E-state index is 0.333. The van der Waals surface area contributed by atoms with E-state index in [9.17, 15) is 30.1 Å². The van der Waals surface area contributed by atoms with Crippen LogP contribution in [0.15, 0.2) is 40.9 Å². The number of nitro benzene ring substituents is 2. The first kappa shape index (κ1) is 16.4. The molecule has 2 N–H and O–H groups in total. The minimum Gasteiger partial charge on any atom is -0.478 e. The van der Waals surface area contributed by atoms with Crippen LogP contribution in [0.2, 0.25) is 0 Å². The van der Waals surface area contributed by atoms with Crippen LogP contribution in [0.5, 0.6) is 0 Å². The van der Waals surface area contributed by atoms with Gasteiger partial charge in [-0.25, -0.2) is 4.79 Å². The van der Waals surface area contributed by atoms with E-state index in [1.165, 1.54) is 0 Å². The molecule has 0 aliphatic carbocycles. The summed E-state index contributed by atoms with van der Waals surface area (Å²) in [6.45, 7) is 0. The van der Waals surface area contributed by atoms with Crippen molar-refractivity contribution in [3.8, 4) is 0 Å². The van der Waals surface area contributed by atoms with Gasteiger partial charge in [0, 0.05) is 10.5 Å². The van der Waals surface area contributed by atoms with Crippen LogP contribution in [-0.4, -0.2) is 20.9 Å². The molecular weight excluding hydrogens is 374 g/mol. The molecule has 0 saturated heterocycles. The Morgan fingerprint density at radius 3 is 2.30 bits per heavy atom. The van der Waals surface area contributed by atoms with Crippen molar-refractivity contribution in [3.05, 3.63) is 66.7 Å². The topological polar surface area (TPSA) is 136 Å². The molecule has 0 fully saturated rings. The van der Waals surface area contributed by atoms with E-state index in [0.717, 1.165) is 6.07 Å². The van der Waals surface area contributed by atoms with Crippen molar-refractivity contribution in [2.24, 2.45) is 0 Å². The number of para-hydroxylation sites is 1. The molecular formula is C13H8BrN3O6. The molecule has 0 saturated carbocycles. The summed E-state index contributed by atoms with van der Waals surface area (Å²) in [6.07, 6.45) is 0. The van der Waals surface area contributed by atoms with Crippen molar-refractivity contribution in [1.82, 2.24) is 0 Å². The van der Waals surface area contributed by atoms with Gasteiger partial charge in [0.15, 0.2) is 0 Å². The molecule has 0 aliphatic heterocycles. The van der Waals surface area contributed by atoms with E-state index in [4.69, 9.17) is 0 Å². The lowest BCUT2D eigenvalue weighted by Crippen LogP contribution is -2.07. The largest absolute Gasteiger partial charge is 0.478 e. The number of hydrogen-bond acceptors (Lipinski definition) is 6. The van der Waals surface area contributed by atoms with Crippen molar-refractivity contribution in [2.75, 3.05) is 5.32 Å². The number of carboxylic acid groups (broad SMARTS) is 1. The van der Waals surface area contributed by atoms with Gasteiger partial charge in [0.2, 0.25) is 0 Å². The van der Waals surface area contributed by atoms with Gasteiger partial charge in [0.05, 0.1) is 27.2 Å².